The van der Waals surface area contributed by atoms with Gasteiger partial charge in [-0.25, -0.2) is 0 Å². The number of amides is 1. The zero-order valence-corrected chi connectivity index (χ0v) is 13.6. The van der Waals surface area contributed by atoms with E-state index in [1.807, 2.05) is 41.8 Å². The van der Waals surface area contributed by atoms with Gasteiger partial charge in [0, 0.05) is 16.1 Å². The summed E-state index contributed by atoms with van der Waals surface area (Å²) in [5, 5.41) is 7.67. The van der Waals surface area contributed by atoms with E-state index in [2.05, 4.69) is 27.7 Å². The number of carbonyl (C=O) groups is 1. The van der Waals surface area contributed by atoms with Gasteiger partial charge < -0.3 is 4.74 Å². The minimum absolute atomic E-state index is 0.135. The van der Waals surface area contributed by atoms with E-state index in [-0.39, 0.29) is 5.91 Å². The molecule has 0 saturated carbocycles. The molecule has 1 atom stereocenters. The number of carbonyl (C=O) groups excluding carboxylic acids is 1. The molecule has 102 valence electrons. The van der Waals surface area contributed by atoms with Crippen LogP contribution in [0.4, 0.5) is 0 Å². The fourth-order valence-electron chi connectivity index (χ4n) is 1.92. The molecule has 4 nitrogen and oxygen atoms in total. The summed E-state index contributed by atoms with van der Waals surface area (Å²) >= 11 is 3.79. The fraction of sp³-hybridized carbons (Fsp3) is 0.143. The molecule has 0 bridgehead atoms. The Bertz CT molecular complexity index is 670. The predicted molar refractivity (Wildman–Crippen MR) is 86.4 cm³/mol. The quantitative estimate of drug-likeness (QED) is 0.726. The molecule has 0 N–H and O–H groups in total. The third-order valence-electron chi connectivity index (χ3n) is 2.82. The molecule has 20 heavy (non-hydrogen) atoms. The fourth-order valence-corrected chi connectivity index (χ4v) is 3.20. The zero-order valence-electron chi connectivity index (χ0n) is 10.6. The highest BCUT2D eigenvalue weighted by molar-refractivity contribution is 14.1. The molecule has 0 aliphatic carbocycles. The first-order valence-corrected chi connectivity index (χ1v) is 7.95. The van der Waals surface area contributed by atoms with Crippen LogP contribution in [0.5, 0.6) is 0 Å². The lowest BCUT2D eigenvalue weighted by Gasteiger charge is -2.17. The van der Waals surface area contributed by atoms with E-state index < -0.39 is 6.23 Å². The second-order valence-corrected chi connectivity index (χ2v) is 6.49. The molecule has 0 radical (unpaired) electrons. The van der Waals surface area contributed by atoms with Gasteiger partial charge in [0.1, 0.15) is 0 Å². The molecule has 2 heterocycles. The third-order valence-corrected chi connectivity index (χ3v) is 4.40. The smallest absolute Gasteiger partial charge is 0.243 e. The average molecular weight is 398 g/mol. The summed E-state index contributed by atoms with van der Waals surface area (Å²) in [4.78, 5) is 12.7. The number of rotatable bonds is 2. The first kappa shape index (κ1) is 13.6. The molecule has 1 amide bonds. The average Bonchev–Trinajstić information content (AvgIpc) is 3.08. The minimum atomic E-state index is -0.458. The van der Waals surface area contributed by atoms with E-state index in [9.17, 15) is 4.79 Å². The second kappa shape index (κ2) is 5.53. The van der Waals surface area contributed by atoms with Crippen molar-refractivity contribution in [3.63, 3.8) is 0 Å². The number of nitrogens with zero attached hydrogens (tertiary/aromatic N) is 2. The van der Waals surface area contributed by atoms with Gasteiger partial charge in [-0.2, -0.15) is 5.01 Å². The van der Waals surface area contributed by atoms with Gasteiger partial charge in [0.2, 0.25) is 18.0 Å². The molecular formula is C14H11IN2O2S. The lowest BCUT2D eigenvalue weighted by atomic mass is 10.2. The molecule has 0 saturated heterocycles. The van der Waals surface area contributed by atoms with E-state index >= 15 is 0 Å². The molecule has 1 aliphatic heterocycles. The van der Waals surface area contributed by atoms with Crippen LogP contribution in [0.15, 0.2) is 46.9 Å². The number of halogens is 1. The van der Waals surface area contributed by atoms with Crippen LogP contribution < -0.4 is 0 Å². The Balaban J connectivity index is 1.95. The highest BCUT2D eigenvalue weighted by Crippen LogP contribution is 2.32. The normalized spacial score (nSPS) is 17.8. The van der Waals surface area contributed by atoms with Crippen molar-refractivity contribution in [3.05, 3.63) is 55.8 Å². The van der Waals surface area contributed by atoms with Gasteiger partial charge in [0.25, 0.3) is 0 Å². The van der Waals surface area contributed by atoms with Crippen LogP contribution in [-0.2, 0) is 9.53 Å². The summed E-state index contributed by atoms with van der Waals surface area (Å²) in [5.41, 5.74) is 0.877. The first-order valence-electron chi connectivity index (χ1n) is 5.99. The summed E-state index contributed by atoms with van der Waals surface area (Å²) < 4.78 is 6.98. The van der Waals surface area contributed by atoms with Crippen molar-refractivity contribution in [2.75, 3.05) is 0 Å². The minimum Gasteiger partial charge on any atom is -0.445 e. The predicted octanol–water partition coefficient (Wildman–Crippen LogP) is 3.59. The molecular weight excluding hydrogens is 387 g/mol. The van der Waals surface area contributed by atoms with Gasteiger partial charge in [-0.15, -0.1) is 16.4 Å². The Kier molecular flexibility index (Phi) is 3.75. The summed E-state index contributed by atoms with van der Waals surface area (Å²) in [6.45, 7) is 1.49. The lowest BCUT2D eigenvalue weighted by Crippen LogP contribution is -2.24. The summed E-state index contributed by atoms with van der Waals surface area (Å²) in [6.07, 6.45) is -0.458. The van der Waals surface area contributed by atoms with E-state index in [0.29, 0.717) is 5.90 Å². The third kappa shape index (κ3) is 2.57. The van der Waals surface area contributed by atoms with Crippen molar-refractivity contribution in [2.45, 2.75) is 13.2 Å². The van der Waals surface area contributed by atoms with Crippen LogP contribution in [0, 0.1) is 3.57 Å². The Labute approximate surface area is 134 Å². The molecule has 1 aliphatic rings. The summed E-state index contributed by atoms with van der Waals surface area (Å²) in [7, 11) is 0. The van der Waals surface area contributed by atoms with Crippen LogP contribution in [0.1, 0.15) is 23.6 Å². The molecule has 1 aromatic heterocycles. The molecule has 6 heteroatoms. The number of hydrogen-bond acceptors (Lipinski definition) is 4. The van der Waals surface area contributed by atoms with Crippen LogP contribution >= 0.6 is 33.9 Å². The van der Waals surface area contributed by atoms with Gasteiger partial charge in [0.05, 0.1) is 4.88 Å². The standard InChI is InChI=1S/C14H11IN2O2S/c1-9(18)17-14(12-6-3-7-20-12)19-13(16-17)10-4-2-5-11(15)8-10/h2-8,14H,1H3/t14-/m1/s1. The number of thiophene rings is 1. The van der Waals surface area contributed by atoms with Crippen molar-refractivity contribution in [1.29, 1.82) is 0 Å². The van der Waals surface area contributed by atoms with Crippen LogP contribution in [0.2, 0.25) is 0 Å². The van der Waals surface area contributed by atoms with E-state index in [1.165, 1.54) is 11.9 Å². The Morgan fingerprint density at radius 1 is 1.40 bits per heavy atom. The Hall–Kier alpha value is -1.41. The number of hydrogen-bond donors (Lipinski definition) is 0. The molecule has 2 aromatic rings. The monoisotopic (exact) mass is 398 g/mol. The number of hydrazone groups is 1. The van der Waals surface area contributed by atoms with Crippen LogP contribution in [-0.4, -0.2) is 16.8 Å². The van der Waals surface area contributed by atoms with Gasteiger partial charge in [0.15, 0.2) is 0 Å². The largest absolute Gasteiger partial charge is 0.445 e. The Morgan fingerprint density at radius 3 is 2.90 bits per heavy atom. The maximum atomic E-state index is 11.7. The number of benzene rings is 1. The van der Waals surface area contributed by atoms with Crippen molar-refractivity contribution < 1.29 is 9.53 Å². The zero-order chi connectivity index (χ0) is 14.1. The number of ether oxygens (including phenoxy) is 1. The van der Waals surface area contributed by atoms with Crippen molar-refractivity contribution >= 4 is 45.7 Å². The van der Waals surface area contributed by atoms with Gasteiger partial charge in [-0.1, -0.05) is 12.1 Å². The maximum Gasteiger partial charge on any atom is 0.243 e. The topological polar surface area (TPSA) is 41.9 Å². The highest BCUT2D eigenvalue weighted by atomic mass is 127. The summed E-state index contributed by atoms with van der Waals surface area (Å²) in [5.74, 6) is 0.348. The van der Waals surface area contributed by atoms with Gasteiger partial charge >= 0.3 is 0 Å². The second-order valence-electron chi connectivity index (χ2n) is 4.26. The molecule has 0 fully saturated rings. The molecule has 3 rings (SSSR count). The highest BCUT2D eigenvalue weighted by Gasteiger charge is 2.33. The van der Waals surface area contributed by atoms with Crippen molar-refractivity contribution in [1.82, 2.24) is 5.01 Å². The van der Waals surface area contributed by atoms with E-state index in [1.54, 1.807) is 11.3 Å². The molecule has 1 aromatic carbocycles. The van der Waals surface area contributed by atoms with Crippen molar-refractivity contribution in [3.8, 4) is 0 Å². The summed E-state index contributed by atoms with van der Waals surface area (Å²) in [6, 6.07) is 11.7. The van der Waals surface area contributed by atoms with Crippen LogP contribution in [0.25, 0.3) is 0 Å². The van der Waals surface area contributed by atoms with E-state index in [0.717, 1.165) is 14.0 Å². The van der Waals surface area contributed by atoms with Crippen molar-refractivity contribution in [2.24, 2.45) is 5.10 Å². The lowest BCUT2D eigenvalue weighted by molar-refractivity contribution is -0.135. The Morgan fingerprint density at radius 2 is 2.25 bits per heavy atom. The maximum absolute atomic E-state index is 11.7. The molecule has 0 spiro atoms. The van der Waals surface area contributed by atoms with Crippen LogP contribution in [0.3, 0.4) is 0 Å². The SMILES string of the molecule is CC(=O)N1N=C(c2cccc(I)c2)O[C@@H]1c1cccs1. The van der Waals surface area contributed by atoms with E-state index in [4.69, 9.17) is 4.74 Å². The first-order chi connectivity index (χ1) is 9.65. The van der Waals surface area contributed by atoms with Gasteiger partial charge in [-0.3, -0.25) is 4.79 Å². The van der Waals surface area contributed by atoms with Gasteiger partial charge in [-0.05, 0) is 52.2 Å². The molecule has 0 unspecified atom stereocenters.